The van der Waals surface area contributed by atoms with E-state index in [0.29, 0.717) is 17.7 Å². The van der Waals surface area contributed by atoms with E-state index in [2.05, 4.69) is 10.6 Å². The van der Waals surface area contributed by atoms with Gasteiger partial charge in [0.05, 0.1) is 31.3 Å². The maximum Gasteiger partial charge on any atom is 0.337 e. The molecular weight excluding hydrogens is 404 g/mol. The first-order chi connectivity index (χ1) is 14.5. The van der Waals surface area contributed by atoms with Crippen LogP contribution in [0.25, 0.3) is 0 Å². The predicted octanol–water partition coefficient (Wildman–Crippen LogP) is 1.98. The van der Waals surface area contributed by atoms with Crippen LogP contribution in [0.5, 0.6) is 0 Å². The van der Waals surface area contributed by atoms with Gasteiger partial charge in [0.15, 0.2) is 5.78 Å². The van der Waals surface area contributed by atoms with Gasteiger partial charge in [0, 0.05) is 29.8 Å². The van der Waals surface area contributed by atoms with Crippen molar-refractivity contribution >= 4 is 35.2 Å². The van der Waals surface area contributed by atoms with Crippen LogP contribution in [0, 0.1) is 11.3 Å². The van der Waals surface area contributed by atoms with E-state index in [0.717, 1.165) is 0 Å². The Labute approximate surface area is 179 Å². The van der Waals surface area contributed by atoms with Crippen molar-refractivity contribution in [3.05, 3.63) is 40.6 Å². The van der Waals surface area contributed by atoms with E-state index < -0.39 is 23.8 Å². The summed E-state index contributed by atoms with van der Waals surface area (Å²) in [5.74, 6) is -3.46. The first kappa shape index (κ1) is 22.2. The van der Waals surface area contributed by atoms with Crippen LogP contribution >= 0.6 is 0 Å². The van der Waals surface area contributed by atoms with Gasteiger partial charge in [0.25, 0.3) is 0 Å². The highest BCUT2D eigenvalue weighted by molar-refractivity contribution is 6.09. The second kappa shape index (κ2) is 8.33. The highest BCUT2D eigenvalue weighted by Gasteiger charge is 2.42. The molecular formula is C22H24N2O7. The number of nitrogens with one attached hydrogen (secondary N) is 2. The van der Waals surface area contributed by atoms with E-state index >= 15 is 0 Å². The van der Waals surface area contributed by atoms with Crippen LogP contribution < -0.4 is 10.6 Å². The first-order valence-corrected chi connectivity index (χ1v) is 9.73. The van der Waals surface area contributed by atoms with Gasteiger partial charge in [-0.25, -0.2) is 9.59 Å². The van der Waals surface area contributed by atoms with Crippen LogP contribution in [0.3, 0.4) is 0 Å². The zero-order valence-corrected chi connectivity index (χ0v) is 17.8. The molecule has 0 unspecified atom stereocenters. The minimum absolute atomic E-state index is 0.0393. The minimum atomic E-state index is -0.962. The number of benzene rings is 1. The fraction of sp³-hybridized carbons (Fsp3) is 0.409. The standard InChI is InChI=1S/C22H24N2O7/c1-22(2)9-15-18(16(25)10-22)14(8-17(26)24-15)19(27)23-13-6-11(20(28)30-3)5-12(7-13)21(29)31-4/h5-7,14H,8-10H2,1-4H3,(H,23,27)(H,24,26)/t14-/m1/s1. The summed E-state index contributed by atoms with van der Waals surface area (Å²) in [6.45, 7) is 3.86. The Hall–Kier alpha value is -3.49. The molecule has 1 aliphatic carbocycles. The zero-order valence-electron chi connectivity index (χ0n) is 17.8. The molecule has 0 saturated heterocycles. The van der Waals surface area contributed by atoms with E-state index in [4.69, 9.17) is 9.47 Å². The number of anilines is 1. The van der Waals surface area contributed by atoms with E-state index in [9.17, 15) is 24.0 Å². The molecule has 1 aromatic carbocycles. The largest absolute Gasteiger partial charge is 0.465 e. The van der Waals surface area contributed by atoms with Crippen LogP contribution in [0.1, 0.15) is 53.8 Å². The third kappa shape index (κ3) is 4.65. The van der Waals surface area contributed by atoms with E-state index in [1.54, 1.807) is 0 Å². The Morgan fingerprint density at radius 2 is 1.58 bits per heavy atom. The maximum atomic E-state index is 13.1. The molecule has 1 aliphatic heterocycles. The second-order valence-electron chi connectivity index (χ2n) is 8.41. The molecule has 2 N–H and O–H groups in total. The average Bonchev–Trinajstić information content (AvgIpc) is 2.70. The molecule has 2 aliphatic rings. The number of hydrogen-bond donors (Lipinski definition) is 2. The number of hydrogen-bond acceptors (Lipinski definition) is 7. The lowest BCUT2D eigenvalue weighted by atomic mass is 9.71. The number of carbonyl (C=O) groups excluding carboxylic acids is 5. The molecule has 31 heavy (non-hydrogen) atoms. The molecule has 0 radical (unpaired) electrons. The average molecular weight is 428 g/mol. The summed E-state index contributed by atoms with van der Waals surface area (Å²) in [6, 6.07) is 3.98. The van der Waals surface area contributed by atoms with Crippen molar-refractivity contribution in [3.8, 4) is 0 Å². The molecule has 0 bridgehead atoms. The van der Waals surface area contributed by atoms with Crippen molar-refractivity contribution < 1.29 is 33.4 Å². The molecule has 9 nitrogen and oxygen atoms in total. The summed E-state index contributed by atoms with van der Waals surface area (Å²) in [5, 5.41) is 5.36. The minimum Gasteiger partial charge on any atom is -0.465 e. The summed E-state index contributed by atoms with van der Waals surface area (Å²) in [6.07, 6.45) is 0.584. The lowest BCUT2D eigenvalue weighted by molar-refractivity contribution is -0.129. The SMILES string of the molecule is COC(=O)c1cc(NC(=O)[C@@H]2CC(=O)NC3=C2C(=O)CC(C)(C)C3)cc(C(=O)OC)c1. The van der Waals surface area contributed by atoms with E-state index in [1.807, 2.05) is 13.8 Å². The highest BCUT2D eigenvalue weighted by Crippen LogP contribution is 2.40. The van der Waals surface area contributed by atoms with Crippen LogP contribution in [-0.4, -0.2) is 43.8 Å². The Kier molecular flexibility index (Phi) is 5.97. The van der Waals surface area contributed by atoms with Gasteiger partial charge in [0.2, 0.25) is 11.8 Å². The van der Waals surface area contributed by atoms with Crippen molar-refractivity contribution in [2.24, 2.45) is 11.3 Å². The topological polar surface area (TPSA) is 128 Å². The maximum absolute atomic E-state index is 13.1. The Bertz CT molecular complexity index is 988. The number of Topliss-reactive ketones (excluding diaryl/α,β-unsaturated/α-hetero) is 1. The molecule has 3 rings (SSSR count). The quantitative estimate of drug-likeness (QED) is 0.702. The lowest BCUT2D eigenvalue weighted by Gasteiger charge is -2.37. The number of carbonyl (C=O) groups is 5. The molecule has 1 aromatic rings. The molecule has 0 saturated carbocycles. The van der Waals surface area contributed by atoms with Gasteiger partial charge in [-0.15, -0.1) is 0 Å². The fourth-order valence-electron chi connectivity index (χ4n) is 3.98. The Morgan fingerprint density at radius 1 is 1.00 bits per heavy atom. The monoisotopic (exact) mass is 428 g/mol. The van der Waals surface area contributed by atoms with Gasteiger partial charge in [-0.1, -0.05) is 13.8 Å². The number of allylic oxidation sites excluding steroid dienone is 1. The molecule has 0 spiro atoms. The molecule has 2 amide bonds. The van der Waals surface area contributed by atoms with Gasteiger partial charge in [0.1, 0.15) is 0 Å². The van der Waals surface area contributed by atoms with Crippen LogP contribution in [-0.2, 0) is 23.9 Å². The second-order valence-corrected chi connectivity index (χ2v) is 8.41. The summed E-state index contributed by atoms with van der Waals surface area (Å²) in [4.78, 5) is 62.0. The van der Waals surface area contributed by atoms with Gasteiger partial charge >= 0.3 is 11.9 Å². The highest BCUT2D eigenvalue weighted by atomic mass is 16.5. The third-order valence-corrected chi connectivity index (χ3v) is 5.31. The van der Waals surface area contributed by atoms with Crippen LogP contribution in [0.4, 0.5) is 5.69 Å². The van der Waals surface area contributed by atoms with Gasteiger partial charge in [-0.05, 0) is 30.0 Å². The van der Waals surface area contributed by atoms with E-state index in [1.165, 1.54) is 32.4 Å². The van der Waals surface area contributed by atoms with Crippen molar-refractivity contribution in [2.45, 2.75) is 33.1 Å². The predicted molar refractivity (Wildman–Crippen MR) is 109 cm³/mol. The Morgan fingerprint density at radius 3 is 2.13 bits per heavy atom. The van der Waals surface area contributed by atoms with Gasteiger partial charge in [-0.2, -0.15) is 0 Å². The number of rotatable bonds is 4. The number of amides is 2. The zero-order chi connectivity index (χ0) is 22.9. The van der Waals surface area contributed by atoms with Crippen LogP contribution in [0.15, 0.2) is 29.5 Å². The molecule has 1 heterocycles. The Balaban J connectivity index is 1.95. The number of methoxy groups -OCH3 is 2. The number of ketones is 1. The van der Waals surface area contributed by atoms with Crippen molar-refractivity contribution in [3.63, 3.8) is 0 Å². The molecule has 0 fully saturated rings. The van der Waals surface area contributed by atoms with E-state index in [-0.39, 0.29) is 46.8 Å². The summed E-state index contributed by atoms with van der Waals surface area (Å²) in [7, 11) is 2.38. The molecule has 164 valence electrons. The summed E-state index contributed by atoms with van der Waals surface area (Å²) >= 11 is 0. The van der Waals surface area contributed by atoms with Gasteiger partial charge in [-0.3, -0.25) is 14.4 Å². The van der Waals surface area contributed by atoms with Crippen molar-refractivity contribution in [1.82, 2.24) is 5.32 Å². The summed E-state index contributed by atoms with van der Waals surface area (Å²) in [5.41, 5.74) is 0.705. The smallest absolute Gasteiger partial charge is 0.337 e. The van der Waals surface area contributed by atoms with Gasteiger partial charge < -0.3 is 20.1 Å². The molecule has 1 atom stereocenters. The third-order valence-electron chi connectivity index (χ3n) is 5.31. The summed E-state index contributed by atoms with van der Waals surface area (Å²) < 4.78 is 9.38. The normalized spacial score (nSPS) is 19.8. The van der Waals surface area contributed by atoms with Crippen molar-refractivity contribution in [2.75, 3.05) is 19.5 Å². The first-order valence-electron chi connectivity index (χ1n) is 9.73. The fourth-order valence-corrected chi connectivity index (χ4v) is 3.98. The number of ether oxygens (including phenoxy) is 2. The number of esters is 2. The van der Waals surface area contributed by atoms with Crippen LogP contribution in [0.2, 0.25) is 0 Å². The van der Waals surface area contributed by atoms with Crippen molar-refractivity contribution in [1.29, 1.82) is 0 Å². The molecule has 0 aromatic heterocycles. The molecule has 9 heteroatoms. The lowest BCUT2D eigenvalue weighted by Crippen LogP contribution is -2.44.